The van der Waals surface area contributed by atoms with Gasteiger partial charge >= 0.3 is 0 Å². The number of benzene rings is 1. The van der Waals surface area contributed by atoms with Crippen molar-refractivity contribution in [3.8, 4) is 5.75 Å². The van der Waals surface area contributed by atoms with Crippen molar-refractivity contribution in [2.24, 2.45) is 17.6 Å². The lowest BCUT2D eigenvalue weighted by molar-refractivity contribution is -0.161. The number of anilines is 1. The van der Waals surface area contributed by atoms with E-state index in [0.717, 1.165) is 0 Å². The zero-order chi connectivity index (χ0) is 24.7. The number of nitrogen functional groups attached to an aromatic ring is 1. The topological polar surface area (TPSA) is 208 Å². The Morgan fingerprint density at radius 2 is 1.82 bits per heavy atom. The number of ketones is 2. The Hall–Kier alpha value is -3.41. The summed E-state index contributed by atoms with van der Waals surface area (Å²) >= 11 is 0. The maximum absolute atomic E-state index is 13.4. The Morgan fingerprint density at radius 3 is 2.36 bits per heavy atom. The number of aliphatic hydroxyl groups excluding tert-OH is 3. The number of nitrogens with zero attached hydrogens (tertiary/aromatic N) is 1. The molecule has 0 aliphatic heterocycles. The van der Waals surface area contributed by atoms with Crippen molar-refractivity contribution in [3.05, 3.63) is 45.4 Å². The number of primary amides is 1. The molecular weight excluding hydrogens is 434 g/mol. The van der Waals surface area contributed by atoms with Crippen LogP contribution in [-0.2, 0) is 16.0 Å². The van der Waals surface area contributed by atoms with Crippen LogP contribution in [0.25, 0.3) is 0 Å². The van der Waals surface area contributed by atoms with Crippen LogP contribution in [-0.4, -0.2) is 79.7 Å². The molecule has 3 aliphatic rings. The van der Waals surface area contributed by atoms with Gasteiger partial charge in [0, 0.05) is 11.5 Å². The number of hydrogen-bond acceptors (Lipinski definition) is 10. The van der Waals surface area contributed by atoms with Gasteiger partial charge in [0.15, 0.2) is 11.4 Å². The van der Waals surface area contributed by atoms with Crippen molar-refractivity contribution in [2.75, 3.05) is 19.8 Å². The molecule has 11 heteroatoms. The molecule has 1 amide bonds. The van der Waals surface area contributed by atoms with E-state index >= 15 is 0 Å². The van der Waals surface area contributed by atoms with Crippen LogP contribution in [0.15, 0.2) is 28.7 Å². The second-order valence-electron chi connectivity index (χ2n) is 9.03. The van der Waals surface area contributed by atoms with Gasteiger partial charge in [-0.1, -0.05) is 0 Å². The fourth-order valence-corrected chi connectivity index (χ4v) is 5.54. The Bertz CT molecular complexity index is 1200. The van der Waals surface area contributed by atoms with Crippen molar-refractivity contribution in [2.45, 2.75) is 31.1 Å². The fourth-order valence-electron chi connectivity index (χ4n) is 5.54. The number of amides is 1. The number of carbonyl (C=O) groups excluding carboxylic acids is 3. The summed E-state index contributed by atoms with van der Waals surface area (Å²) in [5, 5.41) is 55.1. The summed E-state index contributed by atoms with van der Waals surface area (Å²) in [7, 11) is 2.95. The van der Waals surface area contributed by atoms with Gasteiger partial charge in [-0.3, -0.25) is 19.3 Å². The van der Waals surface area contributed by atoms with Crippen molar-refractivity contribution in [3.63, 3.8) is 0 Å². The molecule has 3 aliphatic carbocycles. The first-order valence-electron chi connectivity index (χ1n) is 10.2. The summed E-state index contributed by atoms with van der Waals surface area (Å²) in [4.78, 5) is 39.9. The zero-order valence-corrected chi connectivity index (χ0v) is 18.2. The average molecular weight is 459 g/mol. The molecule has 0 radical (unpaired) electrons. The molecule has 11 nitrogen and oxygen atoms in total. The number of aliphatic hydroxyl groups is 4. The van der Waals surface area contributed by atoms with E-state index < -0.39 is 75.5 Å². The van der Waals surface area contributed by atoms with Crippen LogP contribution >= 0.6 is 0 Å². The van der Waals surface area contributed by atoms with Crippen molar-refractivity contribution >= 4 is 23.2 Å². The van der Waals surface area contributed by atoms with Gasteiger partial charge in [0.1, 0.15) is 22.8 Å². The van der Waals surface area contributed by atoms with Gasteiger partial charge in [-0.25, -0.2) is 0 Å². The minimum absolute atomic E-state index is 0.0185. The minimum Gasteiger partial charge on any atom is -0.510 e. The monoisotopic (exact) mass is 459 g/mol. The van der Waals surface area contributed by atoms with E-state index in [1.165, 1.54) is 25.1 Å². The van der Waals surface area contributed by atoms with Crippen LogP contribution in [0, 0.1) is 18.8 Å². The third kappa shape index (κ3) is 2.70. The van der Waals surface area contributed by atoms with E-state index in [9.17, 15) is 39.9 Å². The van der Waals surface area contributed by atoms with E-state index in [0.29, 0.717) is 11.1 Å². The predicted octanol–water partition coefficient (Wildman–Crippen LogP) is -1.02. The number of aryl methyl sites for hydroxylation is 1. The summed E-state index contributed by atoms with van der Waals surface area (Å²) in [5.41, 5.74) is 7.43. The normalized spacial score (nSPS) is 31.5. The Kier molecular flexibility index (Phi) is 4.86. The maximum Gasteiger partial charge on any atom is 0.255 e. The number of aromatic hydroxyl groups is 1. The molecule has 0 bridgehead atoms. The van der Waals surface area contributed by atoms with E-state index in [1.54, 1.807) is 6.92 Å². The van der Waals surface area contributed by atoms with Gasteiger partial charge in [0.05, 0.1) is 29.3 Å². The van der Waals surface area contributed by atoms with Crippen LogP contribution in [0.5, 0.6) is 5.75 Å². The Labute approximate surface area is 188 Å². The molecule has 9 N–H and O–H groups in total. The number of carbonyl (C=O) groups is 3. The van der Waals surface area contributed by atoms with Crippen LogP contribution in [0.1, 0.15) is 21.5 Å². The summed E-state index contributed by atoms with van der Waals surface area (Å²) in [6.45, 7) is 1.67. The third-order valence-corrected chi connectivity index (χ3v) is 7.06. The van der Waals surface area contributed by atoms with Gasteiger partial charge < -0.3 is 37.0 Å². The van der Waals surface area contributed by atoms with Crippen LogP contribution in [0.4, 0.5) is 5.69 Å². The second kappa shape index (κ2) is 7.04. The molecule has 2 unspecified atom stereocenters. The number of phenolic OH excluding ortho intramolecular Hbond substituents is 1. The first kappa shape index (κ1) is 22.8. The van der Waals surface area contributed by atoms with Crippen LogP contribution in [0.2, 0.25) is 0 Å². The lowest BCUT2D eigenvalue weighted by Crippen LogP contribution is -2.68. The number of Topliss-reactive ketones (excluding diaryl/α,β-unsaturated/α-hetero) is 2. The third-order valence-electron chi connectivity index (χ3n) is 7.06. The Balaban J connectivity index is 2.04. The summed E-state index contributed by atoms with van der Waals surface area (Å²) in [5.74, 6) is -8.60. The molecule has 1 aromatic carbocycles. The molecular formula is C22H25N3O8. The molecule has 176 valence electrons. The van der Waals surface area contributed by atoms with Crippen molar-refractivity contribution in [1.82, 2.24) is 4.90 Å². The first-order valence-corrected chi connectivity index (χ1v) is 10.2. The largest absolute Gasteiger partial charge is 0.510 e. The van der Waals surface area contributed by atoms with E-state index in [4.69, 9.17) is 11.5 Å². The number of likely N-dealkylation sites (N-methyl/N-ethyl adjacent to an activating group) is 1. The molecule has 0 saturated heterocycles. The highest BCUT2D eigenvalue weighted by atomic mass is 16.4. The van der Waals surface area contributed by atoms with Gasteiger partial charge in [0.25, 0.3) is 5.91 Å². The number of hydrogen-bond donors (Lipinski definition) is 7. The Morgan fingerprint density at radius 1 is 1.21 bits per heavy atom. The quantitative estimate of drug-likeness (QED) is 0.163. The zero-order valence-electron chi connectivity index (χ0n) is 18.2. The molecule has 33 heavy (non-hydrogen) atoms. The van der Waals surface area contributed by atoms with Crippen molar-refractivity contribution < 1.29 is 39.9 Å². The molecule has 5 atom stereocenters. The lowest BCUT2D eigenvalue weighted by Gasteiger charge is -2.52. The summed E-state index contributed by atoms with van der Waals surface area (Å²) in [6, 6.07) is 0.188. The fraction of sp³-hybridized carbons (Fsp3) is 0.409. The van der Waals surface area contributed by atoms with Gasteiger partial charge in [-0.15, -0.1) is 0 Å². The highest BCUT2D eigenvalue weighted by Gasteiger charge is 2.66. The van der Waals surface area contributed by atoms with Crippen LogP contribution < -0.4 is 11.5 Å². The number of fused-ring (bicyclic) bond motifs is 3. The number of phenols is 1. The summed E-state index contributed by atoms with van der Waals surface area (Å²) < 4.78 is 0. The second-order valence-corrected chi connectivity index (χ2v) is 9.03. The van der Waals surface area contributed by atoms with Crippen molar-refractivity contribution in [1.29, 1.82) is 0 Å². The number of nitrogens with two attached hydrogens (primary N) is 2. The molecule has 4 rings (SSSR count). The molecule has 1 aromatic rings. The smallest absolute Gasteiger partial charge is 0.255 e. The molecule has 0 heterocycles. The molecule has 0 aromatic heterocycles. The highest BCUT2D eigenvalue weighted by molar-refractivity contribution is 6.25. The van der Waals surface area contributed by atoms with Crippen LogP contribution in [0.3, 0.4) is 0 Å². The van der Waals surface area contributed by atoms with E-state index in [-0.39, 0.29) is 17.7 Å². The summed E-state index contributed by atoms with van der Waals surface area (Å²) in [6.07, 6.45) is -1.62. The van der Waals surface area contributed by atoms with E-state index in [2.05, 4.69) is 0 Å². The minimum atomic E-state index is -2.92. The van der Waals surface area contributed by atoms with E-state index in [1.807, 2.05) is 0 Å². The average Bonchev–Trinajstić information content (AvgIpc) is 2.71. The molecule has 0 fully saturated rings. The first-order chi connectivity index (χ1) is 15.3. The standard InChI is InChI=1S/C22H25N3O8/c1-6-4-9(23)16(27)10-7(6)5-8-11(17(10)28)19(30)22(33)13(15(8)26)14(25(2)3)18(29)12(20(22)31)21(24)32/h4,8,13-15,26-27,29-30,33H,5,23H2,1-3H3,(H2,24,32)/t8?,13?,14-,15-,22-/m0/s1. The predicted molar refractivity (Wildman–Crippen MR) is 114 cm³/mol. The lowest BCUT2D eigenvalue weighted by atomic mass is 9.57. The maximum atomic E-state index is 13.4. The molecule has 0 saturated carbocycles. The van der Waals surface area contributed by atoms with Gasteiger partial charge in [-0.05, 0) is 44.6 Å². The number of rotatable bonds is 2. The molecule has 0 spiro atoms. The highest BCUT2D eigenvalue weighted by Crippen LogP contribution is 2.53. The SMILES string of the molecule is Cc1cc(N)c(O)c2c1CC1C(=C(O)[C@]3(O)C(=O)C(C(N)=O)=C(O)[C@@H](N(C)C)C3[C@H]1O)C2=O. The van der Waals surface area contributed by atoms with Gasteiger partial charge in [0.2, 0.25) is 5.78 Å². The van der Waals surface area contributed by atoms with Gasteiger partial charge in [-0.2, -0.15) is 0 Å².